The second-order valence-corrected chi connectivity index (χ2v) is 10.6. The minimum atomic E-state index is -0.561. The molecule has 4 rings (SSSR count). The average molecular weight is 475 g/mol. The number of thiocarbonyl (C=S) groups is 1. The molecular weight excluding hydrogens is 443 g/mol. The molecule has 1 saturated heterocycles. The van der Waals surface area contributed by atoms with Crippen molar-refractivity contribution in [1.29, 1.82) is 0 Å². The normalized spacial score (nSPS) is 22.0. The first-order valence-corrected chi connectivity index (χ1v) is 13.2. The number of carbonyl (C=O) groups excluding carboxylic acids is 1. The van der Waals surface area contributed by atoms with Gasteiger partial charge in [-0.15, -0.1) is 0 Å². The molecule has 1 aliphatic heterocycles. The molecule has 2 aromatic rings. The number of thioether (sulfide) groups is 1. The summed E-state index contributed by atoms with van der Waals surface area (Å²) in [6, 6.07) is 7.08. The van der Waals surface area contributed by atoms with Crippen LogP contribution in [0, 0.1) is 5.95 Å². The zero-order valence-electron chi connectivity index (χ0n) is 18.4. The first-order valence-electron chi connectivity index (χ1n) is 11.9. The first-order chi connectivity index (χ1) is 15.6. The van der Waals surface area contributed by atoms with E-state index in [2.05, 4.69) is 4.98 Å². The SMILES string of the molecule is O=C1C(Cc2ccc(-c3cccnc3F)o2)SC(=S)N1C1CCCCCCCCCCC1. The van der Waals surface area contributed by atoms with Gasteiger partial charge >= 0.3 is 0 Å². The number of rotatable bonds is 4. The zero-order chi connectivity index (χ0) is 22.3. The first kappa shape index (κ1) is 23.4. The highest BCUT2D eigenvalue weighted by atomic mass is 32.2. The molecule has 7 heteroatoms. The Kier molecular flexibility index (Phi) is 8.36. The Hall–Kier alpha value is -1.73. The predicted molar refractivity (Wildman–Crippen MR) is 131 cm³/mol. The highest BCUT2D eigenvalue weighted by molar-refractivity contribution is 8.24. The molecule has 4 nitrogen and oxygen atoms in total. The summed E-state index contributed by atoms with van der Waals surface area (Å²) in [4.78, 5) is 18.9. The van der Waals surface area contributed by atoms with Crippen molar-refractivity contribution in [3.63, 3.8) is 0 Å². The summed E-state index contributed by atoms with van der Waals surface area (Å²) in [7, 11) is 0. The summed E-state index contributed by atoms with van der Waals surface area (Å²) >= 11 is 7.13. The number of hydrogen-bond donors (Lipinski definition) is 0. The maximum atomic E-state index is 14.0. The molecule has 172 valence electrons. The molecule has 0 aromatic carbocycles. The van der Waals surface area contributed by atoms with E-state index in [4.69, 9.17) is 16.6 Å². The number of amides is 1. The topological polar surface area (TPSA) is 46.3 Å². The van der Waals surface area contributed by atoms with Gasteiger partial charge < -0.3 is 4.42 Å². The standard InChI is InChI=1S/C25H31FN2O2S2/c26-23-20(13-10-16-27-23)21-15-14-19(30-21)17-22-24(29)28(25(31)32-22)18-11-8-6-4-2-1-3-5-7-9-12-18/h10,13-16,18,22H,1-9,11-12,17H2. The van der Waals surface area contributed by atoms with Gasteiger partial charge in [-0.25, -0.2) is 4.98 Å². The Bertz CT molecular complexity index is 920. The van der Waals surface area contributed by atoms with Crippen molar-refractivity contribution >= 4 is 34.2 Å². The minimum absolute atomic E-state index is 0.0996. The number of nitrogens with zero attached hydrogens (tertiary/aromatic N) is 2. The maximum Gasteiger partial charge on any atom is 0.242 e. The Labute approximate surface area is 199 Å². The summed E-state index contributed by atoms with van der Waals surface area (Å²) in [5, 5.41) is -0.276. The Morgan fingerprint density at radius 3 is 2.34 bits per heavy atom. The fraction of sp³-hybridized carbons (Fsp3) is 0.560. The number of hydrogen-bond acceptors (Lipinski definition) is 5. The van der Waals surface area contributed by atoms with E-state index in [0.29, 0.717) is 27.8 Å². The lowest BCUT2D eigenvalue weighted by molar-refractivity contribution is -0.127. The van der Waals surface area contributed by atoms with Gasteiger partial charge in [0, 0.05) is 18.7 Å². The predicted octanol–water partition coefficient (Wildman–Crippen LogP) is 6.93. The van der Waals surface area contributed by atoms with Crippen LogP contribution < -0.4 is 0 Å². The molecule has 2 fully saturated rings. The fourth-order valence-corrected chi connectivity index (χ4v) is 6.36. The fourth-order valence-electron chi connectivity index (χ4n) is 4.72. The van der Waals surface area contributed by atoms with Crippen LogP contribution in [-0.4, -0.2) is 31.4 Å². The second kappa shape index (κ2) is 11.4. The molecule has 1 aliphatic carbocycles. The van der Waals surface area contributed by atoms with Crippen molar-refractivity contribution in [1.82, 2.24) is 9.88 Å². The summed E-state index contributed by atoms with van der Waals surface area (Å²) in [6.45, 7) is 0. The van der Waals surface area contributed by atoms with Gasteiger partial charge in [-0.1, -0.05) is 81.8 Å². The molecule has 2 aliphatic rings. The van der Waals surface area contributed by atoms with Crippen molar-refractivity contribution in [3.05, 3.63) is 42.2 Å². The van der Waals surface area contributed by atoms with Crippen LogP contribution in [0.4, 0.5) is 4.39 Å². The van der Waals surface area contributed by atoms with E-state index in [0.717, 1.165) is 25.7 Å². The smallest absolute Gasteiger partial charge is 0.242 e. The van der Waals surface area contributed by atoms with E-state index in [1.807, 2.05) is 11.0 Å². The second-order valence-electron chi connectivity index (χ2n) is 8.81. The molecule has 0 N–H and O–H groups in total. The Balaban J connectivity index is 1.41. The molecule has 1 saturated carbocycles. The highest BCUT2D eigenvalue weighted by Gasteiger charge is 2.40. The Morgan fingerprint density at radius 1 is 1.03 bits per heavy atom. The lowest BCUT2D eigenvalue weighted by Crippen LogP contribution is -2.41. The van der Waals surface area contributed by atoms with Gasteiger partial charge in [0.15, 0.2) is 0 Å². The highest BCUT2D eigenvalue weighted by Crippen LogP contribution is 2.35. The van der Waals surface area contributed by atoms with E-state index >= 15 is 0 Å². The van der Waals surface area contributed by atoms with Crippen molar-refractivity contribution in [2.45, 2.75) is 88.3 Å². The van der Waals surface area contributed by atoms with Crippen LogP contribution in [0.15, 0.2) is 34.9 Å². The largest absolute Gasteiger partial charge is 0.461 e. The van der Waals surface area contributed by atoms with Crippen LogP contribution in [-0.2, 0) is 11.2 Å². The van der Waals surface area contributed by atoms with Crippen LogP contribution >= 0.6 is 24.0 Å². The van der Waals surface area contributed by atoms with E-state index in [-0.39, 0.29) is 17.2 Å². The number of pyridine rings is 1. The minimum Gasteiger partial charge on any atom is -0.461 e. The van der Waals surface area contributed by atoms with Crippen LogP contribution in [0.1, 0.15) is 76.4 Å². The Morgan fingerprint density at radius 2 is 1.69 bits per heavy atom. The molecule has 1 unspecified atom stereocenters. The number of furan rings is 1. The molecule has 3 heterocycles. The summed E-state index contributed by atoms with van der Waals surface area (Å²) in [6.07, 6.45) is 15.3. The van der Waals surface area contributed by atoms with Gasteiger partial charge in [-0.05, 0) is 37.1 Å². The van der Waals surface area contributed by atoms with E-state index < -0.39 is 5.95 Å². The summed E-state index contributed by atoms with van der Waals surface area (Å²) in [5.74, 6) is 0.634. The van der Waals surface area contributed by atoms with Gasteiger partial charge in [0.05, 0.1) is 10.8 Å². The van der Waals surface area contributed by atoms with Gasteiger partial charge in [0.2, 0.25) is 11.9 Å². The van der Waals surface area contributed by atoms with Crippen LogP contribution in [0.25, 0.3) is 11.3 Å². The van der Waals surface area contributed by atoms with Crippen LogP contribution in [0.3, 0.4) is 0 Å². The lowest BCUT2D eigenvalue weighted by Gasteiger charge is -2.28. The van der Waals surface area contributed by atoms with Gasteiger partial charge in [0.1, 0.15) is 15.8 Å². The van der Waals surface area contributed by atoms with Crippen molar-refractivity contribution in [3.8, 4) is 11.3 Å². The maximum absolute atomic E-state index is 14.0. The van der Waals surface area contributed by atoms with Crippen molar-refractivity contribution in [2.24, 2.45) is 0 Å². The monoisotopic (exact) mass is 474 g/mol. The van der Waals surface area contributed by atoms with Crippen molar-refractivity contribution in [2.75, 3.05) is 0 Å². The zero-order valence-corrected chi connectivity index (χ0v) is 20.1. The lowest BCUT2D eigenvalue weighted by atomic mass is 9.97. The average Bonchev–Trinajstić information content (AvgIpc) is 3.34. The van der Waals surface area contributed by atoms with E-state index in [1.54, 1.807) is 18.2 Å². The number of halogens is 1. The third-order valence-corrected chi connectivity index (χ3v) is 8.00. The molecule has 0 spiro atoms. The molecule has 32 heavy (non-hydrogen) atoms. The van der Waals surface area contributed by atoms with Crippen molar-refractivity contribution < 1.29 is 13.6 Å². The van der Waals surface area contributed by atoms with E-state index in [9.17, 15) is 9.18 Å². The molecule has 2 aromatic heterocycles. The number of aromatic nitrogens is 1. The molecule has 0 radical (unpaired) electrons. The molecular formula is C25H31FN2O2S2. The molecule has 0 bridgehead atoms. The van der Waals surface area contributed by atoms with E-state index in [1.165, 1.54) is 62.9 Å². The van der Waals surface area contributed by atoms with Crippen LogP contribution in [0.2, 0.25) is 0 Å². The third kappa shape index (κ3) is 5.79. The summed E-state index contributed by atoms with van der Waals surface area (Å²) in [5.41, 5.74) is 0.328. The number of carbonyl (C=O) groups is 1. The molecule has 1 amide bonds. The molecule has 1 atom stereocenters. The third-order valence-electron chi connectivity index (χ3n) is 6.47. The summed E-state index contributed by atoms with van der Waals surface area (Å²) < 4.78 is 20.5. The van der Waals surface area contributed by atoms with Gasteiger partial charge in [0.25, 0.3) is 0 Å². The van der Waals surface area contributed by atoms with Gasteiger partial charge in [-0.3, -0.25) is 9.69 Å². The van der Waals surface area contributed by atoms with Crippen LogP contribution in [0.5, 0.6) is 0 Å². The quantitative estimate of drug-likeness (QED) is 0.355. The van der Waals surface area contributed by atoms with Gasteiger partial charge in [-0.2, -0.15) is 4.39 Å².